The van der Waals surface area contributed by atoms with Crippen molar-refractivity contribution in [3.8, 4) is 0 Å². The molecule has 2 nitrogen and oxygen atoms in total. The van der Waals surface area contributed by atoms with Crippen LogP contribution in [0.4, 0.5) is 5.69 Å². The molecule has 1 saturated heterocycles. The molecule has 3 heteroatoms. The van der Waals surface area contributed by atoms with Crippen LogP contribution in [-0.4, -0.2) is 30.6 Å². The number of anilines is 1. The Labute approximate surface area is 102 Å². The Bertz CT molecular complexity index is 340. The monoisotopic (exact) mass is 236 g/mol. The van der Waals surface area contributed by atoms with Crippen molar-refractivity contribution in [2.24, 2.45) is 5.73 Å². The van der Waals surface area contributed by atoms with Gasteiger partial charge in [0.05, 0.1) is 6.04 Å². The van der Waals surface area contributed by atoms with Crippen molar-refractivity contribution < 1.29 is 0 Å². The molecule has 1 aliphatic heterocycles. The zero-order valence-corrected chi connectivity index (χ0v) is 10.7. The van der Waals surface area contributed by atoms with Crippen molar-refractivity contribution in [2.45, 2.75) is 19.4 Å². The molecular formula is C13H20N2S. The second kappa shape index (κ2) is 5.60. The highest BCUT2D eigenvalue weighted by Crippen LogP contribution is 2.27. The van der Waals surface area contributed by atoms with Gasteiger partial charge in [0.25, 0.3) is 0 Å². The minimum atomic E-state index is 0.506. The number of para-hydroxylation sites is 1. The van der Waals surface area contributed by atoms with Crippen molar-refractivity contribution in [2.75, 3.05) is 29.5 Å². The highest BCUT2D eigenvalue weighted by Gasteiger charge is 2.22. The van der Waals surface area contributed by atoms with E-state index < -0.39 is 0 Å². The fourth-order valence-electron chi connectivity index (χ4n) is 2.26. The molecule has 0 amide bonds. The van der Waals surface area contributed by atoms with E-state index in [2.05, 4.69) is 36.1 Å². The van der Waals surface area contributed by atoms with E-state index in [4.69, 9.17) is 5.73 Å². The van der Waals surface area contributed by atoms with Crippen molar-refractivity contribution in [1.29, 1.82) is 0 Å². The fraction of sp³-hybridized carbons (Fsp3) is 0.538. The number of aryl methyl sites for hydroxylation is 1. The van der Waals surface area contributed by atoms with E-state index in [1.165, 1.54) is 17.0 Å². The molecule has 2 rings (SSSR count). The molecule has 0 aliphatic carbocycles. The summed E-state index contributed by atoms with van der Waals surface area (Å²) in [5.74, 6) is 2.38. The third-order valence-electron chi connectivity index (χ3n) is 3.18. The van der Waals surface area contributed by atoms with Gasteiger partial charge in [-0.3, -0.25) is 0 Å². The fourth-order valence-corrected chi connectivity index (χ4v) is 3.34. The van der Waals surface area contributed by atoms with Crippen LogP contribution in [0.25, 0.3) is 0 Å². The topological polar surface area (TPSA) is 29.3 Å². The van der Waals surface area contributed by atoms with Crippen molar-refractivity contribution in [1.82, 2.24) is 0 Å². The predicted octanol–water partition coefficient (Wildman–Crippen LogP) is 2.13. The van der Waals surface area contributed by atoms with Gasteiger partial charge in [-0.1, -0.05) is 25.1 Å². The second-order valence-electron chi connectivity index (χ2n) is 4.14. The Kier molecular flexibility index (Phi) is 4.13. The molecule has 1 unspecified atom stereocenters. The standard InChI is InChI=1S/C13H20N2S/c1-2-11-5-3-4-6-13(11)15-7-8-16-10-12(15)9-14/h3-6,12H,2,7-10,14H2,1H3. The first kappa shape index (κ1) is 11.8. The Morgan fingerprint density at radius 1 is 1.44 bits per heavy atom. The first-order valence-electron chi connectivity index (χ1n) is 5.99. The summed E-state index contributed by atoms with van der Waals surface area (Å²) in [6.07, 6.45) is 1.09. The largest absolute Gasteiger partial charge is 0.365 e. The van der Waals surface area contributed by atoms with Crippen LogP contribution in [0, 0.1) is 0 Å². The lowest BCUT2D eigenvalue weighted by atomic mass is 10.1. The summed E-state index contributed by atoms with van der Waals surface area (Å²) in [5, 5.41) is 0. The van der Waals surface area contributed by atoms with Crippen LogP contribution in [0.5, 0.6) is 0 Å². The average molecular weight is 236 g/mol. The Morgan fingerprint density at radius 2 is 2.25 bits per heavy atom. The van der Waals surface area contributed by atoms with E-state index in [0.717, 1.165) is 25.3 Å². The molecule has 1 heterocycles. The first-order valence-corrected chi connectivity index (χ1v) is 7.14. The zero-order chi connectivity index (χ0) is 11.4. The van der Waals surface area contributed by atoms with Gasteiger partial charge in [-0.05, 0) is 18.1 Å². The van der Waals surface area contributed by atoms with Crippen LogP contribution >= 0.6 is 11.8 Å². The third kappa shape index (κ3) is 2.36. The van der Waals surface area contributed by atoms with E-state index in [0.29, 0.717) is 6.04 Å². The molecule has 0 spiro atoms. The number of nitrogens with zero attached hydrogens (tertiary/aromatic N) is 1. The van der Waals surface area contributed by atoms with E-state index in [1.54, 1.807) is 0 Å². The number of benzene rings is 1. The summed E-state index contributed by atoms with van der Waals surface area (Å²) in [4.78, 5) is 2.50. The van der Waals surface area contributed by atoms with Gasteiger partial charge in [0.1, 0.15) is 0 Å². The Morgan fingerprint density at radius 3 is 3.00 bits per heavy atom. The highest BCUT2D eigenvalue weighted by molar-refractivity contribution is 7.99. The number of rotatable bonds is 3. The van der Waals surface area contributed by atoms with Gasteiger partial charge in [-0.2, -0.15) is 11.8 Å². The highest BCUT2D eigenvalue weighted by atomic mass is 32.2. The van der Waals surface area contributed by atoms with Gasteiger partial charge in [0.2, 0.25) is 0 Å². The summed E-state index contributed by atoms with van der Waals surface area (Å²) < 4.78 is 0. The second-order valence-corrected chi connectivity index (χ2v) is 5.29. The molecule has 1 fully saturated rings. The van der Waals surface area contributed by atoms with Crippen molar-refractivity contribution in [3.05, 3.63) is 29.8 Å². The average Bonchev–Trinajstić information content (AvgIpc) is 2.38. The van der Waals surface area contributed by atoms with Gasteiger partial charge in [-0.15, -0.1) is 0 Å². The van der Waals surface area contributed by atoms with Gasteiger partial charge >= 0.3 is 0 Å². The molecule has 0 aromatic heterocycles. The smallest absolute Gasteiger partial charge is 0.0503 e. The van der Waals surface area contributed by atoms with Crippen LogP contribution in [0.1, 0.15) is 12.5 Å². The van der Waals surface area contributed by atoms with Crippen LogP contribution in [0.2, 0.25) is 0 Å². The third-order valence-corrected chi connectivity index (χ3v) is 4.27. The molecule has 1 atom stereocenters. The number of hydrogen-bond acceptors (Lipinski definition) is 3. The molecule has 1 aromatic rings. The minimum Gasteiger partial charge on any atom is -0.365 e. The van der Waals surface area contributed by atoms with E-state index in [1.807, 2.05) is 11.8 Å². The van der Waals surface area contributed by atoms with Crippen molar-refractivity contribution >= 4 is 17.4 Å². The van der Waals surface area contributed by atoms with E-state index in [-0.39, 0.29) is 0 Å². The SMILES string of the molecule is CCc1ccccc1N1CCSCC1CN. The van der Waals surface area contributed by atoms with Crippen LogP contribution in [0.3, 0.4) is 0 Å². The molecule has 2 N–H and O–H groups in total. The Balaban J connectivity index is 2.26. The molecule has 16 heavy (non-hydrogen) atoms. The van der Waals surface area contributed by atoms with E-state index in [9.17, 15) is 0 Å². The summed E-state index contributed by atoms with van der Waals surface area (Å²) in [5.41, 5.74) is 8.69. The predicted molar refractivity (Wildman–Crippen MR) is 73.3 cm³/mol. The number of thioether (sulfide) groups is 1. The van der Waals surface area contributed by atoms with Gasteiger partial charge in [0, 0.05) is 30.3 Å². The maximum atomic E-state index is 5.87. The summed E-state index contributed by atoms with van der Waals surface area (Å²) in [6, 6.07) is 9.22. The lowest BCUT2D eigenvalue weighted by Gasteiger charge is -2.37. The van der Waals surface area contributed by atoms with Gasteiger partial charge in [0.15, 0.2) is 0 Å². The first-order chi connectivity index (χ1) is 7.86. The molecule has 88 valence electrons. The maximum Gasteiger partial charge on any atom is 0.0503 e. The lowest BCUT2D eigenvalue weighted by Crippen LogP contribution is -2.47. The number of hydrogen-bond donors (Lipinski definition) is 1. The molecule has 1 aromatic carbocycles. The maximum absolute atomic E-state index is 5.87. The summed E-state index contributed by atoms with van der Waals surface area (Å²) in [6.45, 7) is 4.10. The molecule has 0 saturated carbocycles. The van der Waals surface area contributed by atoms with Gasteiger partial charge < -0.3 is 10.6 Å². The summed E-state index contributed by atoms with van der Waals surface area (Å²) >= 11 is 2.02. The van der Waals surface area contributed by atoms with Gasteiger partial charge in [-0.25, -0.2) is 0 Å². The van der Waals surface area contributed by atoms with Crippen LogP contribution in [-0.2, 0) is 6.42 Å². The van der Waals surface area contributed by atoms with Crippen LogP contribution < -0.4 is 10.6 Å². The molecular weight excluding hydrogens is 216 g/mol. The quantitative estimate of drug-likeness (QED) is 0.872. The summed E-state index contributed by atoms with van der Waals surface area (Å²) in [7, 11) is 0. The van der Waals surface area contributed by atoms with Crippen LogP contribution in [0.15, 0.2) is 24.3 Å². The Hall–Kier alpha value is -0.670. The van der Waals surface area contributed by atoms with E-state index >= 15 is 0 Å². The van der Waals surface area contributed by atoms with Crippen molar-refractivity contribution in [3.63, 3.8) is 0 Å². The normalized spacial score (nSPS) is 21.1. The zero-order valence-electron chi connectivity index (χ0n) is 9.86. The minimum absolute atomic E-state index is 0.506. The molecule has 0 radical (unpaired) electrons. The lowest BCUT2D eigenvalue weighted by molar-refractivity contribution is 0.652. The molecule has 1 aliphatic rings. The molecule has 0 bridgehead atoms. The number of nitrogens with two attached hydrogens (primary N) is 1.